The normalized spacial score (nSPS) is 26.7. The van der Waals surface area contributed by atoms with Gasteiger partial charge in [-0.15, -0.1) is 0 Å². The van der Waals surface area contributed by atoms with Gasteiger partial charge in [0.25, 0.3) is 11.2 Å². The van der Waals surface area contributed by atoms with Crippen LogP contribution >= 0.6 is 0 Å². The van der Waals surface area contributed by atoms with Crippen LogP contribution in [0.15, 0.2) is 41.2 Å². The summed E-state index contributed by atoms with van der Waals surface area (Å²) in [5, 5.41) is 11.2. The molecular formula is C21H21N3O5. The Morgan fingerprint density at radius 2 is 2.07 bits per heavy atom. The van der Waals surface area contributed by atoms with E-state index in [0.29, 0.717) is 19.5 Å². The summed E-state index contributed by atoms with van der Waals surface area (Å²) in [5.74, 6) is -0.407. The largest absolute Gasteiger partial charge is 0.469 e. The number of rotatable bonds is 2. The van der Waals surface area contributed by atoms with E-state index in [2.05, 4.69) is 4.90 Å². The summed E-state index contributed by atoms with van der Waals surface area (Å²) >= 11 is 0. The Hall–Kier alpha value is -3.16. The standard InChI is InChI=1S/C21H21N3O5/c1-29-21(26)16-9-12-8-15(24(27)28)5-6-18(12)23-10-13-7-14(20(16)23)11-22-17(13)3-2-4-19(22)25/h2-6,8,13-14,16,20H,7,9-11H2,1H3/t13-,14-,16+,20-/m0/s1. The van der Waals surface area contributed by atoms with E-state index in [4.69, 9.17) is 4.74 Å². The number of esters is 1. The first-order valence-corrected chi connectivity index (χ1v) is 9.79. The number of benzene rings is 1. The molecule has 2 aromatic rings. The fourth-order valence-electron chi connectivity index (χ4n) is 5.58. The van der Waals surface area contributed by atoms with Gasteiger partial charge in [0.15, 0.2) is 0 Å². The molecule has 2 bridgehead atoms. The summed E-state index contributed by atoms with van der Waals surface area (Å²) in [6, 6.07) is 10.2. The SMILES string of the molecule is COC(=O)[C@@H]1Cc2cc([N+](=O)[O-])ccc2N2C[C@@H]3C[C@@H](Cn4c3cccc4=O)[C@@H]12. The van der Waals surface area contributed by atoms with Gasteiger partial charge in [-0.3, -0.25) is 19.7 Å². The Kier molecular flexibility index (Phi) is 3.97. The van der Waals surface area contributed by atoms with Crippen LogP contribution in [0.1, 0.15) is 23.6 Å². The van der Waals surface area contributed by atoms with Crippen molar-refractivity contribution < 1.29 is 14.5 Å². The fourth-order valence-corrected chi connectivity index (χ4v) is 5.58. The van der Waals surface area contributed by atoms with Crippen molar-refractivity contribution in [3.8, 4) is 0 Å². The zero-order valence-electron chi connectivity index (χ0n) is 16.0. The van der Waals surface area contributed by atoms with Crippen molar-refractivity contribution in [1.82, 2.24) is 4.57 Å². The third-order valence-corrected chi connectivity index (χ3v) is 6.71. The Morgan fingerprint density at radius 3 is 2.83 bits per heavy atom. The molecule has 0 radical (unpaired) electrons. The third kappa shape index (κ3) is 2.66. The van der Waals surface area contributed by atoms with Crippen molar-refractivity contribution in [1.29, 1.82) is 0 Å². The predicted octanol–water partition coefficient (Wildman–Crippen LogP) is 2.09. The summed E-state index contributed by atoms with van der Waals surface area (Å²) in [6.07, 6.45) is 1.32. The molecule has 0 unspecified atom stereocenters. The van der Waals surface area contributed by atoms with Crippen LogP contribution in [0.2, 0.25) is 0 Å². The molecule has 1 fully saturated rings. The first kappa shape index (κ1) is 17.9. The highest BCUT2D eigenvalue weighted by Gasteiger charge is 2.49. The first-order chi connectivity index (χ1) is 14.0. The minimum atomic E-state index is -0.415. The topological polar surface area (TPSA) is 94.7 Å². The Bertz CT molecular complexity index is 1080. The molecule has 4 atom stereocenters. The number of nitrogens with zero attached hydrogens (tertiary/aromatic N) is 3. The number of aromatic nitrogens is 1. The maximum Gasteiger partial charge on any atom is 0.311 e. The van der Waals surface area contributed by atoms with Crippen LogP contribution in [0.25, 0.3) is 0 Å². The average molecular weight is 395 g/mol. The highest BCUT2D eigenvalue weighted by Crippen LogP contribution is 2.47. The van der Waals surface area contributed by atoms with Gasteiger partial charge in [0.2, 0.25) is 0 Å². The minimum absolute atomic E-state index is 0.00731. The van der Waals surface area contributed by atoms with Gasteiger partial charge in [-0.05, 0) is 36.5 Å². The molecule has 1 aromatic carbocycles. The zero-order chi connectivity index (χ0) is 20.3. The van der Waals surface area contributed by atoms with E-state index < -0.39 is 10.8 Å². The number of nitro groups is 1. The molecule has 0 aliphatic carbocycles. The lowest BCUT2D eigenvalue weighted by atomic mass is 9.70. The van der Waals surface area contributed by atoms with Crippen LogP contribution in [0.4, 0.5) is 11.4 Å². The molecule has 0 N–H and O–H groups in total. The van der Waals surface area contributed by atoms with Crippen molar-refractivity contribution in [2.45, 2.75) is 31.3 Å². The first-order valence-electron chi connectivity index (χ1n) is 9.79. The molecule has 150 valence electrons. The molecule has 1 saturated heterocycles. The number of anilines is 1. The van der Waals surface area contributed by atoms with Crippen molar-refractivity contribution in [2.24, 2.45) is 11.8 Å². The van der Waals surface area contributed by atoms with Crippen LogP contribution in [-0.4, -0.2) is 35.2 Å². The van der Waals surface area contributed by atoms with Crippen LogP contribution in [-0.2, 0) is 22.5 Å². The Balaban J connectivity index is 1.63. The van der Waals surface area contributed by atoms with E-state index >= 15 is 0 Å². The predicted molar refractivity (Wildman–Crippen MR) is 105 cm³/mol. The summed E-state index contributed by atoms with van der Waals surface area (Å²) in [7, 11) is 1.38. The van der Waals surface area contributed by atoms with Crippen LogP contribution in [0.5, 0.6) is 0 Å². The smallest absolute Gasteiger partial charge is 0.311 e. The molecule has 0 saturated carbocycles. The Labute approximate surface area is 166 Å². The molecule has 8 nitrogen and oxygen atoms in total. The quantitative estimate of drug-likeness (QED) is 0.439. The number of hydrogen-bond acceptors (Lipinski definition) is 6. The van der Waals surface area contributed by atoms with Gasteiger partial charge in [0.1, 0.15) is 0 Å². The van der Waals surface area contributed by atoms with E-state index in [1.54, 1.807) is 24.3 Å². The Morgan fingerprint density at radius 1 is 1.24 bits per heavy atom. The molecule has 0 spiro atoms. The summed E-state index contributed by atoms with van der Waals surface area (Å²) in [4.78, 5) is 38.1. The lowest BCUT2D eigenvalue weighted by Crippen LogP contribution is -2.60. The second-order valence-corrected chi connectivity index (χ2v) is 8.14. The molecule has 3 aliphatic heterocycles. The van der Waals surface area contributed by atoms with Crippen molar-refractivity contribution in [3.63, 3.8) is 0 Å². The number of methoxy groups -OCH3 is 1. The average Bonchev–Trinajstić information content (AvgIpc) is 2.73. The second kappa shape index (κ2) is 6.43. The summed E-state index contributed by atoms with van der Waals surface area (Å²) in [5.41, 5.74) is 2.79. The van der Waals surface area contributed by atoms with Crippen LogP contribution < -0.4 is 10.5 Å². The van der Waals surface area contributed by atoms with Gasteiger partial charge >= 0.3 is 5.97 Å². The van der Waals surface area contributed by atoms with E-state index in [1.165, 1.54) is 13.2 Å². The molecule has 1 aromatic heterocycles. The van der Waals surface area contributed by atoms with Crippen molar-refractivity contribution in [3.05, 3.63) is 68.1 Å². The number of non-ortho nitro benzene ring substituents is 1. The maximum atomic E-state index is 12.7. The zero-order valence-corrected chi connectivity index (χ0v) is 16.0. The number of ether oxygens (including phenoxy) is 1. The monoisotopic (exact) mass is 395 g/mol. The number of pyridine rings is 1. The van der Waals surface area contributed by atoms with Gasteiger partial charge in [-0.1, -0.05) is 6.07 Å². The lowest BCUT2D eigenvalue weighted by molar-refractivity contribution is -0.384. The lowest BCUT2D eigenvalue weighted by Gasteiger charge is -2.53. The van der Waals surface area contributed by atoms with Gasteiger partial charge in [0, 0.05) is 54.6 Å². The number of carbonyl (C=O) groups excluding carboxylic acids is 1. The van der Waals surface area contributed by atoms with Gasteiger partial charge in [-0.25, -0.2) is 0 Å². The van der Waals surface area contributed by atoms with Crippen molar-refractivity contribution >= 4 is 17.3 Å². The molecule has 0 amide bonds. The second-order valence-electron chi connectivity index (χ2n) is 8.14. The number of hydrogen-bond donors (Lipinski definition) is 0. The van der Waals surface area contributed by atoms with E-state index in [0.717, 1.165) is 23.4 Å². The molecule has 5 rings (SSSR count). The van der Waals surface area contributed by atoms with E-state index in [9.17, 15) is 19.7 Å². The fraction of sp³-hybridized carbons (Fsp3) is 0.429. The minimum Gasteiger partial charge on any atom is -0.469 e. The summed E-state index contributed by atoms with van der Waals surface area (Å²) < 4.78 is 6.94. The van der Waals surface area contributed by atoms with Crippen LogP contribution in [0, 0.1) is 22.0 Å². The van der Waals surface area contributed by atoms with Crippen molar-refractivity contribution in [2.75, 3.05) is 18.6 Å². The van der Waals surface area contributed by atoms with Gasteiger partial charge in [-0.2, -0.15) is 0 Å². The number of carbonyl (C=O) groups is 1. The van der Waals surface area contributed by atoms with Gasteiger partial charge in [0.05, 0.1) is 18.0 Å². The highest BCUT2D eigenvalue weighted by molar-refractivity contribution is 5.77. The summed E-state index contributed by atoms with van der Waals surface area (Å²) in [6.45, 7) is 1.24. The van der Waals surface area contributed by atoms with E-state index in [-0.39, 0.29) is 35.1 Å². The third-order valence-electron chi connectivity index (χ3n) is 6.71. The van der Waals surface area contributed by atoms with Crippen LogP contribution in [0.3, 0.4) is 0 Å². The molecule has 3 aliphatic rings. The number of fused-ring (bicyclic) bond motifs is 8. The van der Waals surface area contributed by atoms with Gasteiger partial charge < -0.3 is 14.2 Å². The molecule has 29 heavy (non-hydrogen) atoms. The molecular weight excluding hydrogens is 374 g/mol. The maximum absolute atomic E-state index is 12.7. The molecule has 8 heteroatoms. The van der Waals surface area contributed by atoms with E-state index in [1.807, 2.05) is 10.6 Å². The molecule has 4 heterocycles. The number of piperidine rings is 1. The number of nitro benzene ring substituents is 1. The highest BCUT2D eigenvalue weighted by atomic mass is 16.6.